The Morgan fingerprint density at radius 1 is 0.933 bits per heavy atom. The quantitative estimate of drug-likeness (QED) is 0.108. The lowest BCUT2D eigenvalue weighted by atomic mass is 9.96. The molecule has 2 N–H and O–H groups in total. The van der Waals surface area contributed by atoms with Gasteiger partial charge in [0, 0.05) is 55.4 Å². The third-order valence-corrected chi connectivity index (χ3v) is 8.28. The second-order valence-corrected chi connectivity index (χ2v) is 11.8. The zero-order chi connectivity index (χ0) is 31.9. The molecule has 9 nitrogen and oxygen atoms in total. The SMILES string of the molecule is CCCCCCCCCNC(=O)c1cccc2[nH]c(C(=O)N(C)C)c(C(=O)c3ccc(Cn4c(C)nc5cnccc54)cc3)c12. The third kappa shape index (κ3) is 6.98. The maximum Gasteiger partial charge on any atom is 0.270 e. The van der Waals surface area contributed by atoms with Gasteiger partial charge in [-0.3, -0.25) is 19.4 Å². The largest absolute Gasteiger partial charge is 0.352 e. The second kappa shape index (κ2) is 14.3. The highest BCUT2D eigenvalue weighted by Crippen LogP contribution is 2.30. The number of carbonyl (C=O) groups excluding carboxylic acids is 3. The Bertz CT molecular complexity index is 1820. The molecule has 0 aliphatic rings. The van der Waals surface area contributed by atoms with Gasteiger partial charge in [0.2, 0.25) is 0 Å². The third-order valence-electron chi connectivity index (χ3n) is 8.28. The summed E-state index contributed by atoms with van der Waals surface area (Å²) in [6.07, 6.45) is 11.6. The molecule has 0 unspecified atom stereocenters. The van der Waals surface area contributed by atoms with Crippen molar-refractivity contribution in [1.29, 1.82) is 0 Å². The Morgan fingerprint density at radius 2 is 1.67 bits per heavy atom. The number of imidazole rings is 1. The maximum atomic E-state index is 14.2. The predicted octanol–water partition coefficient (Wildman–Crippen LogP) is 6.68. The summed E-state index contributed by atoms with van der Waals surface area (Å²) in [6.45, 7) is 5.31. The van der Waals surface area contributed by atoms with E-state index in [-0.39, 0.29) is 28.9 Å². The van der Waals surface area contributed by atoms with Crippen LogP contribution in [-0.4, -0.2) is 62.7 Å². The lowest BCUT2D eigenvalue weighted by molar-refractivity contribution is 0.0817. The molecule has 0 aliphatic heterocycles. The van der Waals surface area contributed by atoms with Gasteiger partial charge in [0.15, 0.2) is 5.78 Å². The summed E-state index contributed by atoms with van der Waals surface area (Å²) in [4.78, 5) is 54.2. The molecule has 0 bridgehead atoms. The minimum Gasteiger partial charge on any atom is -0.352 e. The molecule has 0 aliphatic carbocycles. The van der Waals surface area contributed by atoms with Gasteiger partial charge in [0.05, 0.1) is 17.3 Å². The minimum atomic E-state index is -0.336. The number of carbonyl (C=O) groups is 3. The Morgan fingerprint density at radius 3 is 2.40 bits per heavy atom. The van der Waals surface area contributed by atoms with Crippen molar-refractivity contribution in [2.24, 2.45) is 0 Å². The summed E-state index contributed by atoms with van der Waals surface area (Å²) in [5.41, 5.74) is 4.59. The standard InChI is InChI=1S/C36H42N6O3/c1-5-6-7-8-9-10-11-20-38-35(44)27-13-12-14-28-31(27)32(33(40-28)36(45)41(3)4)34(43)26-17-15-25(16-18-26)23-42-24(2)39-29-22-37-21-19-30(29)42/h12-19,21-22,40H,5-11,20,23H2,1-4H3,(H,38,44). The molecule has 9 heteroatoms. The van der Waals surface area contributed by atoms with E-state index < -0.39 is 0 Å². The fraction of sp³-hybridized carbons (Fsp3) is 0.361. The molecular weight excluding hydrogens is 564 g/mol. The summed E-state index contributed by atoms with van der Waals surface area (Å²) < 4.78 is 2.11. The van der Waals surface area contributed by atoms with Crippen molar-refractivity contribution in [3.05, 3.63) is 94.7 Å². The van der Waals surface area contributed by atoms with Crippen molar-refractivity contribution < 1.29 is 14.4 Å². The molecule has 0 radical (unpaired) electrons. The number of unbranched alkanes of at least 4 members (excludes halogenated alkanes) is 6. The van der Waals surface area contributed by atoms with Crippen LogP contribution >= 0.6 is 0 Å². The number of ketones is 1. The van der Waals surface area contributed by atoms with Gasteiger partial charge in [-0.25, -0.2) is 4.98 Å². The van der Waals surface area contributed by atoms with Crippen molar-refractivity contribution in [3.63, 3.8) is 0 Å². The maximum absolute atomic E-state index is 14.2. The second-order valence-electron chi connectivity index (χ2n) is 11.8. The summed E-state index contributed by atoms with van der Waals surface area (Å²) in [6, 6.07) is 14.6. The van der Waals surface area contributed by atoms with Gasteiger partial charge in [-0.1, -0.05) is 75.8 Å². The number of hydrogen-bond acceptors (Lipinski definition) is 5. The molecule has 0 saturated carbocycles. The number of fused-ring (bicyclic) bond motifs is 2. The van der Waals surface area contributed by atoms with E-state index in [9.17, 15) is 14.4 Å². The smallest absolute Gasteiger partial charge is 0.270 e. The number of aromatic amines is 1. The highest BCUT2D eigenvalue weighted by atomic mass is 16.2. The molecule has 5 rings (SSSR count). The molecule has 2 amide bonds. The van der Waals surface area contributed by atoms with E-state index >= 15 is 0 Å². The van der Waals surface area contributed by atoms with Gasteiger partial charge in [0.1, 0.15) is 17.0 Å². The first-order chi connectivity index (χ1) is 21.8. The predicted molar refractivity (Wildman–Crippen MR) is 178 cm³/mol. The molecule has 45 heavy (non-hydrogen) atoms. The van der Waals surface area contributed by atoms with Crippen molar-refractivity contribution in [2.75, 3.05) is 20.6 Å². The number of hydrogen-bond donors (Lipinski definition) is 2. The van der Waals surface area contributed by atoms with Crippen LogP contribution in [0.3, 0.4) is 0 Å². The normalized spacial score (nSPS) is 11.3. The first-order valence-corrected chi connectivity index (χ1v) is 15.8. The summed E-state index contributed by atoms with van der Waals surface area (Å²) in [7, 11) is 3.29. The Balaban J connectivity index is 1.40. The van der Waals surface area contributed by atoms with Crippen LogP contribution in [0.25, 0.3) is 21.9 Å². The van der Waals surface area contributed by atoms with E-state index in [1.165, 1.54) is 30.6 Å². The molecule has 3 aromatic heterocycles. The molecule has 0 spiro atoms. The van der Waals surface area contributed by atoms with Gasteiger partial charge in [0.25, 0.3) is 11.8 Å². The zero-order valence-corrected chi connectivity index (χ0v) is 26.7. The van der Waals surface area contributed by atoms with Gasteiger partial charge in [-0.15, -0.1) is 0 Å². The van der Waals surface area contributed by atoms with Crippen LogP contribution in [0.15, 0.2) is 60.9 Å². The van der Waals surface area contributed by atoms with Gasteiger partial charge in [-0.2, -0.15) is 0 Å². The monoisotopic (exact) mass is 606 g/mol. The molecule has 2 aromatic carbocycles. The van der Waals surface area contributed by atoms with Crippen LogP contribution in [0.5, 0.6) is 0 Å². The van der Waals surface area contributed by atoms with Crippen LogP contribution in [0.2, 0.25) is 0 Å². The van der Waals surface area contributed by atoms with E-state index in [0.29, 0.717) is 35.1 Å². The number of amides is 2. The van der Waals surface area contributed by atoms with Crippen molar-refractivity contribution >= 4 is 39.5 Å². The zero-order valence-electron chi connectivity index (χ0n) is 26.7. The number of nitrogens with one attached hydrogen (secondary N) is 2. The van der Waals surface area contributed by atoms with Crippen molar-refractivity contribution in [2.45, 2.75) is 65.3 Å². The van der Waals surface area contributed by atoms with E-state index in [1.54, 1.807) is 56.8 Å². The molecule has 3 heterocycles. The fourth-order valence-corrected chi connectivity index (χ4v) is 5.82. The number of aromatic nitrogens is 4. The van der Waals surface area contributed by atoms with Crippen LogP contribution in [0.1, 0.15) is 100 Å². The first-order valence-electron chi connectivity index (χ1n) is 15.8. The number of benzene rings is 2. The number of H-pyrrole nitrogens is 1. The van der Waals surface area contributed by atoms with E-state index in [1.807, 2.05) is 25.1 Å². The van der Waals surface area contributed by atoms with E-state index in [4.69, 9.17) is 0 Å². The number of pyridine rings is 1. The average molecular weight is 607 g/mol. The molecule has 0 fully saturated rings. The van der Waals surface area contributed by atoms with Gasteiger partial charge >= 0.3 is 0 Å². The first kappa shape index (κ1) is 31.6. The summed E-state index contributed by atoms with van der Waals surface area (Å²) in [5.74, 6) is -0.0308. The van der Waals surface area contributed by atoms with Gasteiger partial charge in [-0.05, 0) is 37.1 Å². The Labute approximate surface area is 264 Å². The van der Waals surface area contributed by atoms with E-state index in [0.717, 1.165) is 41.7 Å². The Kier molecular flexibility index (Phi) is 10.1. The Hall–Kier alpha value is -4.79. The lowest BCUT2D eigenvalue weighted by Gasteiger charge is -2.12. The lowest BCUT2D eigenvalue weighted by Crippen LogP contribution is -2.25. The molecular formula is C36H42N6O3. The van der Waals surface area contributed by atoms with Crippen LogP contribution in [0, 0.1) is 6.92 Å². The van der Waals surface area contributed by atoms with Gasteiger partial charge < -0.3 is 19.8 Å². The summed E-state index contributed by atoms with van der Waals surface area (Å²) >= 11 is 0. The minimum absolute atomic E-state index is 0.172. The summed E-state index contributed by atoms with van der Waals surface area (Å²) in [5, 5.41) is 3.50. The fourth-order valence-electron chi connectivity index (χ4n) is 5.82. The molecule has 234 valence electrons. The topological polar surface area (TPSA) is 113 Å². The number of rotatable bonds is 14. The van der Waals surface area contributed by atoms with Crippen molar-refractivity contribution in [3.8, 4) is 0 Å². The number of nitrogens with zero attached hydrogens (tertiary/aromatic N) is 4. The molecule has 0 atom stereocenters. The average Bonchev–Trinajstić information content (AvgIpc) is 3.59. The highest BCUT2D eigenvalue weighted by Gasteiger charge is 2.28. The number of aryl methyl sites for hydroxylation is 1. The van der Waals surface area contributed by atoms with E-state index in [2.05, 4.69) is 31.8 Å². The molecule has 0 saturated heterocycles. The van der Waals surface area contributed by atoms with Crippen molar-refractivity contribution in [1.82, 2.24) is 29.7 Å². The van der Waals surface area contributed by atoms with Crippen LogP contribution < -0.4 is 5.32 Å². The highest BCUT2D eigenvalue weighted by molar-refractivity contribution is 6.25. The van der Waals surface area contributed by atoms with Crippen LogP contribution in [-0.2, 0) is 6.54 Å². The molecule has 5 aromatic rings. The van der Waals surface area contributed by atoms with Crippen LogP contribution in [0.4, 0.5) is 0 Å².